The molecule has 0 aliphatic rings. The van der Waals surface area contributed by atoms with Crippen molar-refractivity contribution in [2.45, 2.75) is 39.4 Å². The number of hydrogen-bond donors (Lipinski definition) is 1. The molecular formula is C24H28F3N3. The summed E-state index contributed by atoms with van der Waals surface area (Å²) >= 11 is 0. The molecular weight excluding hydrogens is 387 g/mol. The second-order valence-electron chi connectivity index (χ2n) is 7.63. The minimum Gasteiger partial charge on any atom is -0.384 e. The van der Waals surface area contributed by atoms with Crippen molar-refractivity contribution < 1.29 is 13.2 Å². The fourth-order valence-electron chi connectivity index (χ4n) is 3.66. The molecule has 0 aliphatic heterocycles. The molecule has 0 bridgehead atoms. The average molecular weight is 416 g/mol. The van der Waals surface area contributed by atoms with E-state index in [-0.39, 0.29) is 0 Å². The van der Waals surface area contributed by atoms with Crippen LogP contribution in [0.4, 0.5) is 18.9 Å². The predicted molar refractivity (Wildman–Crippen MR) is 117 cm³/mol. The minimum atomic E-state index is -4.36. The van der Waals surface area contributed by atoms with Crippen LogP contribution in [0, 0.1) is 6.92 Å². The van der Waals surface area contributed by atoms with Gasteiger partial charge in [-0.2, -0.15) is 13.2 Å². The summed E-state index contributed by atoms with van der Waals surface area (Å²) in [6, 6.07) is 14.1. The van der Waals surface area contributed by atoms with Crippen molar-refractivity contribution in [3.05, 3.63) is 71.4 Å². The van der Waals surface area contributed by atoms with Crippen LogP contribution in [-0.2, 0) is 12.7 Å². The lowest BCUT2D eigenvalue weighted by molar-refractivity contribution is -0.137. The third kappa shape index (κ3) is 5.95. The number of anilines is 1. The molecule has 0 fully saturated rings. The normalized spacial score (nSPS) is 11.9. The predicted octanol–water partition coefficient (Wildman–Crippen LogP) is 6.28. The maximum Gasteiger partial charge on any atom is 0.416 e. The molecule has 160 valence electrons. The monoisotopic (exact) mass is 415 g/mol. The van der Waals surface area contributed by atoms with Crippen molar-refractivity contribution in [1.82, 2.24) is 9.88 Å². The molecule has 3 nitrogen and oxygen atoms in total. The zero-order valence-electron chi connectivity index (χ0n) is 17.5. The van der Waals surface area contributed by atoms with Gasteiger partial charge in [-0.05, 0) is 50.1 Å². The standard InChI is InChI=1S/C24H28F3N3/c1-3-13-30(17-19-7-4-6-18(2)15-19)14-5-11-28-22-10-12-29-23-16-20(24(25,26)27)8-9-21(22)23/h4,6-10,12,15-16H,3,5,11,13-14,17H2,1-2H3,(H,28,29). The van der Waals surface area contributed by atoms with Crippen LogP contribution in [0.15, 0.2) is 54.7 Å². The third-order valence-electron chi connectivity index (χ3n) is 5.07. The van der Waals surface area contributed by atoms with Crippen LogP contribution in [0.3, 0.4) is 0 Å². The van der Waals surface area contributed by atoms with Gasteiger partial charge in [-0.3, -0.25) is 9.88 Å². The van der Waals surface area contributed by atoms with E-state index in [4.69, 9.17) is 0 Å². The topological polar surface area (TPSA) is 28.2 Å². The van der Waals surface area contributed by atoms with Gasteiger partial charge in [0, 0.05) is 36.9 Å². The van der Waals surface area contributed by atoms with Gasteiger partial charge in [-0.25, -0.2) is 0 Å². The van der Waals surface area contributed by atoms with E-state index in [1.807, 2.05) is 6.07 Å². The highest BCUT2D eigenvalue weighted by Gasteiger charge is 2.30. The molecule has 6 heteroatoms. The SMILES string of the molecule is CCCN(CCCNc1ccnc2cc(C(F)(F)F)ccc12)Cc1cccc(C)c1. The zero-order chi connectivity index (χ0) is 21.6. The van der Waals surface area contributed by atoms with Crippen LogP contribution < -0.4 is 5.32 Å². The molecule has 3 aromatic rings. The first-order valence-electron chi connectivity index (χ1n) is 10.3. The summed E-state index contributed by atoms with van der Waals surface area (Å²) in [6.45, 7) is 7.94. The van der Waals surface area contributed by atoms with Crippen molar-refractivity contribution in [3.63, 3.8) is 0 Å². The van der Waals surface area contributed by atoms with E-state index in [0.717, 1.165) is 56.8 Å². The first-order valence-corrected chi connectivity index (χ1v) is 10.3. The molecule has 0 aliphatic carbocycles. The van der Waals surface area contributed by atoms with E-state index in [1.165, 1.54) is 17.2 Å². The molecule has 0 unspecified atom stereocenters. The molecule has 0 saturated heterocycles. The lowest BCUT2D eigenvalue weighted by atomic mass is 10.1. The number of nitrogens with one attached hydrogen (secondary N) is 1. The highest BCUT2D eigenvalue weighted by Crippen LogP contribution is 2.32. The highest BCUT2D eigenvalue weighted by atomic mass is 19.4. The van der Waals surface area contributed by atoms with Crippen molar-refractivity contribution in [3.8, 4) is 0 Å². The average Bonchev–Trinajstić information content (AvgIpc) is 2.70. The number of hydrogen-bond acceptors (Lipinski definition) is 3. The summed E-state index contributed by atoms with van der Waals surface area (Å²) in [6.07, 6.45) is -0.780. The number of aryl methyl sites for hydroxylation is 1. The number of rotatable bonds is 9. The van der Waals surface area contributed by atoms with E-state index < -0.39 is 11.7 Å². The van der Waals surface area contributed by atoms with Gasteiger partial charge in [0.05, 0.1) is 11.1 Å². The Labute approximate surface area is 175 Å². The van der Waals surface area contributed by atoms with Gasteiger partial charge in [0.25, 0.3) is 0 Å². The minimum absolute atomic E-state index is 0.349. The summed E-state index contributed by atoms with van der Waals surface area (Å²) in [4.78, 5) is 6.54. The van der Waals surface area contributed by atoms with Crippen molar-refractivity contribution in [2.75, 3.05) is 25.0 Å². The Morgan fingerprint density at radius 2 is 1.87 bits per heavy atom. The highest BCUT2D eigenvalue weighted by molar-refractivity contribution is 5.91. The lowest BCUT2D eigenvalue weighted by Crippen LogP contribution is -2.26. The number of nitrogens with zero attached hydrogens (tertiary/aromatic N) is 2. The van der Waals surface area contributed by atoms with Gasteiger partial charge in [-0.1, -0.05) is 42.8 Å². The van der Waals surface area contributed by atoms with Crippen LogP contribution in [0.25, 0.3) is 10.9 Å². The summed E-state index contributed by atoms with van der Waals surface area (Å²) in [5.74, 6) is 0. The van der Waals surface area contributed by atoms with E-state index in [2.05, 4.69) is 53.3 Å². The van der Waals surface area contributed by atoms with Crippen LogP contribution >= 0.6 is 0 Å². The molecule has 0 atom stereocenters. The van der Waals surface area contributed by atoms with Crippen LogP contribution in [-0.4, -0.2) is 29.5 Å². The number of benzene rings is 2. The molecule has 1 aromatic heterocycles. The number of halogens is 3. The zero-order valence-corrected chi connectivity index (χ0v) is 17.5. The van der Waals surface area contributed by atoms with Crippen LogP contribution in [0.5, 0.6) is 0 Å². The number of aromatic nitrogens is 1. The van der Waals surface area contributed by atoms with Gasteiger partial charge in [0.1, 0.15) is 0 Å². The maximum absolute atomic E-state index is 12.9. The Morgan fingerprint density at radius 3 is 2.60 bits per heavy atom. The molecule has 0 saturated carbocycles. The molecule has 0 amide bonds. The van der Waals surface area contributed by atoms with Gasteiger partial charge in [0.15, 0.2) is 0 Å². The van der Waals surface area contributed by atoms with Gasteiger partial charge >= 0.3 is 6.18 Å². The molecule has 2 aromatic carbocycles. The number of alkyl halides is 3. The van der Waals surface area contributed by atoms with E-state index in [9.17, 15) is 13.2 Å². The molecule has 1 N–H and O–H groups in total. The Bertz CT molecular complexity index is 969. The Balaban J connectivity index is 1.59. The van der Waals surface area contributed by atoms with Crippen molar-refractivity contribution in [1.29, 1.82) is 0 Å². The van der Waals surface area contributed by atoms with Crippen molar-refractivity contribution in [2.24, 2.45) is 0 Å². The smallest absolute Gasteiger partial charge is 0.384 e. The number of fused-ring (bicyclic) bond motifs is 1. The summed E-state index contributed by atoms with van der Waals surface area (Å²) < 4.78 is 38.8. The second-order valence-corrected chi connectivity index (χ2v) is 7.63. The van der Waals surface area contributed by atoms with Gasteiger partial charge in [-0.15, -0.1) is 0 Å². The Hall–Kier alpha value is -2.60. The second kappa shape index (κ2) is 9.94. The summed E-state index contributed by atoms with van der Waals surface area (Å²) in [5.41, 5.74) is 3.07. The molecule has 0 radical (unpaired) electrons. The summed E-state index contributed by atoms with van der Waals surface area (Å²) in [7, 11) is 0. The molecule has 3 rings (SSSR count). The molecule has 30 heavy (non-hydrogen) atoms. The first-order chi connectivity index (χ1) is 14.4. The van der Waals surface area contributed by atoms with Crippen LogP contribution in [0.1, 0.15) is 36.5 Å². The quantitative estimate of drug-likeness (QED) is 0.417. The third-order valence-corrected chi connectivity index (χ3v) is 5.07. The maximum atomic E-state index is 12.9. The van der Waals surface area contributed by atoms with Crippen molar-refractivity contribution >= 4 is 16.6 Å². The molecule has 0 spiro atoms. The largest absolute Gasteiger partial charge is 0.416 e. The Morgan fingerprint density at radius 1 is 1.03 bits per heavy atom. The van der Waals surface area contributed by atoms with Gasteiger partial charge in [0.2, 0.25) is 0 Å². The number of pyridine rings is 1. The van der Waals surface area contributed by atoms with E-state index >= 15 is 0 Å². The lowest BCUT2D eigenvalue weighted by Gasteiger charge is -2.22. The van der Waals surface area contributed by atoms with E-state index in [1.54, 1.807) is 6.20 Å². The van der Waals surface area contributed by atoms with E-state index in [0.29, 0.717) is 10.9 Å². The fourth-order valence-corrected chi connectivity index (χ4v) is 3.66. The molecule has 1 heterocycles. The summed E-state index contributed by atoms with van der Waals surface area (Å²) in [5, 5.41) is 4.07. The van der Waals surface area contributed by atoms with Gasteiger partial charge < -0.3 is 5.32 Å². The first kappa shape index (κ1) is 22.1. The van der Waals surface area contributed by atoms with Crippen LogP contribution in [0.2, 0.25) is 0 Å². The Kier molecular flexibility index (Phi) is 7.32. The fraction of sp³-hybridized carbons (Fsp3) is 0.375.